The van der Waals surface area contributed by atoms with Gasteiger partial charge >= 0.3 is 0 Å². The lowest BCUT2D eigenvalue weighted by atomic mass is 10.1. The Kier molecular flexibility index (Phi) is 6.88. The Morgan fingerprint density at radius 1 is 1.27 bits per heavy atom. The average Bonchev–Trinajstić information content (AvgIpc) is 3.00. The molecule has 0 aliphatic rings. The van der Waals surface area contributed by atoms with E-state index >= 15 is 0 Å². The molecule has 0 spiro atoms. The second kappa shape index (κ2) is 9.22. The molecule has 3 aromatic rings. The number of amides is 1. The molecule has 2 aromatic heterocycles. The number of anilines is 1. The smallest absolute Gasteiger partial charge is 0.263 e. The summed E-state index contributed by atoms with van der Waals surface area (Å²) in [6.45, 7) is 10.4. The first-order chi connectivity index (χ1) is 14.3. The normalized spacial score (nSPS) is 12.4. The van der Waals surface area contributed by atoms with Crippen LogP contribution in [-0.4, -0.2) is 27.8 Å². The van der Waals surface area contributed by atoms with E-state index in [4.69, 9.17) is 9.72 Å². The third-order valence-electron chi connectivity index (χ3n) is 5.02. The van der Waals surface area contributed by atoms with Crippen LogP contribution in [0.25, 0.3) is 10.2 Å². The number of fused-ring (bicyclic) bond motifs is 1. The lowest BCUT2D eigenvalue weighted by Gasteiger charge is -2.21. The highest BCUT2D eigenvalue weighted by molar-refractivity contribution is 8.00. The molecule has 1 aromatic carbocycles. The maximum absolute atomic E-state index is 13.1. The number of ether oxygens (including phenoxy) is 1. The van der Waals surface area contributed by atoms with Gasteiger partial charge in [0.15, 0.2) is 5.16 Å². The van der Waals surface area contributed by atoms with E-state index in [1.165, 1.54) is 23.1 Å². The maximum atomic E-state index is 13.1. The molecule has 1 atom stereocenters. The molecule has 160 valence electrons. The van der Waals surface area contributed by atoms with E-state index < -0.39 is 5.25 Å². The van der Waals surface area contributed by atoms with Crippen LogP contribution in [0.4, 0.5) is 5.69 Å². The lowest BCUT2D eigenvalue weighted by Crippen LogP contribution is -2.31. The second-order valence-electron chi connectivity index (χ2n) is 7.41. The standard InChI is InChI=1S/C22H27N3O3S2/c1-7-25-21(27)17-13(4)14(5)29-20(17)24-22(25)30-18(12(2)3)19(26)23-15-8-10-16(28-6)11-9-15/h8-12,18H,7H2,1-6H3,(H,23,26). The summed E-state index contributed by atoms with van der Waals surface area (Å²) >= 11 is 2.87. The maximum Gasteiger partial charge on any atom is 0.263 e. The average molecular weight is 446 g/mol. The summed E-state index contributed by atoms with van der Waals surface area (Å²) in [4.78, 5) is 32.7. The van der Waals surface area contributed by atoms with Gasteiger partial charge in [0.1, 0.15) is 10.6 Å². The minimum Gasteiger partial charge on any atom is -0.497 e. The van der Waals surface area contributed by atoms with Crippen LogP contribution in [0.1, 0.15) is 31.2 Å². The van der Waals surface area contributed by atoms with Crippen LogP contribution in [0.15, 0.2) is 34.2 Å². The Labute approximate surface area is 184 Å². The molecule has 0 saturated carbocycles. The van der Waals surface area contributed by atoms with Gasteiger partial charge in [0, 0.05) is 17.1 Å². The molecule has 0 saturated heterocycles. The van der Waals surface area contributed by atoms with Crippen molar-refractivity contribution >= 4 is 44.9 Å². The molecular formula is C22H27N3O3S2. The van der Waals surface area contributed by atoms with Gasteiger partial charge in [-0.2, -0.15) is 0 Å². The van der Waals surface area contributed by atoms with E-state index in [9.17, 15) is 9.59 Å². The van der Waals surface area contributed by atoms with Crippen LogP contribution in [0.5, 0.6) is 5.75 Å². The van der Waals surface area contributed by atoms with Crippen molar-refractivity contribution in [3.8, 4) is 5.75 Å². The number of thioether (sulfide) groups is 1. The fourth-order valence-electron chi connectivity index (χ4n) is 3.17. The highest BCUT2D eigenvalue weighted by atomic mass is 32.2. The molecule has 2 heterocycles. The number of carbonyl (C=O) groups is 1. The van der Waals surface area contributed by atoms with Crippen molar-refractivity contribution in [2.24, 2.45) is 5.92 Å². The second-order valence-corrected chi connectivity index (χ2v) is 9.72. The summed E-state index contributed by atoms with van der Waals surface area (Å²) in [7, 11) is 1.60. The number of hydrogen-bond donors (Lipinski definition) is 1. The molecule has 0 aliphatic heterocycles. The predicted octanol–water partition coefficient (Wildman–Crippen LogP) is 4.86. The molecule has 0 fully saturated rings. The van der Waals surface area contributed by atoms with Crippen LogP contribution in [0.2, 0.25) is 0 Å². The number of rotatable bonds is 7. The number of nitrogens with one attached hydrogen (secondary N) is 1. The Morgan fingerprint density at radius 3 is 2.50 bits per heavy atom. The van der Waals surface area contributed by atoms with Crippen molar-refractivity contribution in [2.75, 3.05) is 12.4 Å². The summed E-state index contributed by atoms with van der Waals surface area (Å²) in [6, 6.07) is 7.22. The van der Waals surface area contributed by atoms with E-state index in [-0.39, 0.29) is 17.4 Å². The van der Waals surface area contributed by atoms with Gasteiger partial charge in [0.25, 0.3) is 5.56 Å². The molecule has 8 heteroatoms. The number of aryl methyl sites for hydroxylation is 2. The van der Waals surface area contributed by atoms with Crippen LogP contribution >= 0.6 is 23.1 Å². The molecule has 0 radical (unpaired) electrons. The number of hydrogen-bond acceptors (Lipinski definition) is 6. The Morgan fingerprint density at radius 2 is 1.93 bits per heavy atom. The third kappa shape index (κ3) is 4.39. The van der Waals surface area contributed by atoms with E-state index in [2.05, 4.69) is 5.32 Å². The van der Waals surface area contributed by atoms with Gasteiger partial charge in [-0.15, -0.1) is 11.3 Å². The molecule has 0 bridgehead atoms. The first kappa shape index (κ1) is 22.4. The van der Waals surface area contributed by atoms with Crippen molar-refractivity contribution in [1.29, 1.82) is 0 Å². The van der Waals surface area contributed by atoms with E-state index in [1.54, 1.807) is 23.8 Å². The van der Waals surface area contributed by atoms with Crippen molar-refractivity contribution < 1.29 is 9.53 Å². The number of thiophene rings is 1. The monoisotopic (exact) mass is 445 g/mol. The van der Waals surface area contributed by atoms with E-state index in [0.717, 1.165) is 21.0 Å². The summed E-state index contributed by atoms with van der Waals surface area (Å²) in [5.41, 5.74) is 1.65. The van der Waals surface area contributed by atoms with Crippen molar-refractivity contribution in [3.05, 3.63) is 45.1 Å². The number of aromatic nitrogens is 2. The number of benzene rings is 1. The van der Waals surface area contributed by atoms with Crippen LogP contribution in [-0.2, 0) is 11.3 Å². The molecule has 0 aliphatic carbocycles. The SMILES string of the molecule is CCn1c(SC(C(=O)Nc2ccc(OC)cc2)C(C)C)nc2sc(C)c(C)c2c1=O. The Hall–Kier alpha value is -2.32. The van der Waals surface area contributed by atoms with Gasteiger partial charge in [0.05, 0.1) is 17.7 Å². The zero-order chi connectivity index (χ0) is 22.0. The highest BCUT2D eigenvalue weighted by Gasteiger charge is 2.27. The number of methoxy groups -OCH3 is 1. The van der Waals surface area contributed by atoms with Gasteiger partial charge < -0.3 is 10.1 Å². The molecule has 1 amide bonds. The van der Waals surface area contributed by atoms with Gasteiger partial charge in [-0.1, -0.05) is 25.6 Å². The van der Waals surface area contributed by atoms with Crippen LogP contribution < -0.4 is 15.6 Å². The molecule has 6 nitrogen and oxygen atoms in total. The molecular weight excluding hydrogens is 418 g/mol. The first-order valence-electron chi connectivity index (χ1n) is 9.88. The highest BCUT2D eigenvalue weighted by Crippen LogP contribution is 2.32. The summed E-state index contributed by atoms with van der Waals surface area (Å²) in [5.74, 6) is 0.669. The zero-order valence-electron chi connectivity index (χ0n) is 18.1. The lowest BCUT2D eigenvalue weighted by molar-refractivity contribution is -0.116. The molecule has 3 rings (SSSR count). The van der Waals surface area contributed by atoms with Crippen molar-refractivity contribution in [1.82, 2.24) is 9.55 Å². The molecule has 30 heavy (non-hydrogen) atoms. The van der Waals surface area contributed by atoms with Gasteiger partial charge in [0.2, 0.25) is 5.91 Å². The van der Waals surface area contributed by atoms with Gasteiger partial charge in [-0.25, -0.2) is 4.98 Å². The van der Waals surface area contributed by atoms with E-state index in [0.29, 0.717) is 22.8 Å². The largest absolute Gasteiger partial charge is 0.497 e. The Bertz CT molecular complexity index is 1120. The third-order valence-corrected chi connectivity index (χ3v) is 7.66. The minimum absolute atomic E-state index is 0.0371. The fraction of sp³-hybridized carbons (Fsp3) is 0.409. The van der Waals surface area contributed by atoms with Gasteiger partial charge in [-0.05, 0) is 56.5 Å². The molecule has 1 unspecified atom stereocenters. The van der Waals surface area contributed by atoms with Crippen LogP contribution in [0, 0.1) is 19.8 Å². The van der Waals surface area contributed by atoms with Crippen molar-refractivity contribution in [2.45, 2.75) is 51.6 Å². The topological polar surface area (TPSA) is 73.2 Å². The zero-order valence-corrected chi connectivity index (χ0v) is 19.7. The number of carbonyl (C=O) groups excluding carboxylic acids is 1. The summed E-state index contributed by atoms with van der Waals surface area (Å²) < 4.78 is 6.83. The molecule has 1 N–H and O–H groups in total. The first-order valence-corrected chi connectivity index (χ1v) is 11.6. The quantitative estimate of drug-likeness (QED) is 0.415. The fourth-order valence-corrected chi connectivity index (χ4v) is 5.40. The van der Waals surface area contributed by atoms with Gasteiger partial charge in [-0.3, -0.25) is 14.2 Å². The van der Waals surface area contributed by atoms with E-state index in [1.807, 2.05) is 46.8 Å². The summed E-state index contributed by atoms with van der Waals surface area (Å²) in [6.07, 6.45) is 0. The summed E-state index contributed by atoms with van der Waals surface area (Å²) in [5, 5.41) is 3.85. The number of nitrogens with zero attached hydrogens (tertiary/aromatic N) is 2. The van der Waals surface area contributed by atoms with Crippen LogP contribution in [0.3, 0.4) is 0 Å². The predicted molar refractivity (Wildman–Crippen MR) is 125 cm³/mol. The Balaban J connectivity index is 1.93. The minimum atomic E-state index is -0.392. The van der Waals surface area contributed by atoms with Crippen molar-refractivity contribution in [3.63, 3.8) is 0 Å².